The molecule has 2 rings (SSSR count). The highest BCUT2D eigenvalue weighted by Crippen LogP contribution is 2.12. The van der Waals surface area contributed by atoms with Crippen molar-refractivity contribution in [1.29, 1.82) is 0 Å². The molecule has 0 heterocycles. The van der Waals surface area contributed by atoms with Crippen molar-refractivity contribution < 1.29 is 14.3 Å². The van der Waals surface area contributed by atoms with Gasteiger partial charge >= 0.3 is 0 Å². The van der Waals surface area contributed by atoms with Gasteiger partial charge in [0, 0.05) is 5.56 Å². The van der Waals surface area contributed by atoms with Crippen molar-refractivity contribution >= 4 is 12.2 Å². The van der Waals surface area contributed by atoms with Crippen LogP contribution in [-0.2, 0) is 4.79 Å². The lowest BCUT2D eigenvalue weighted by Crippen LogP contribution is -2.31. The highest BCUT2D eigenvalue weighted by molar-refractivity contribution is 5.78. The van der Waals surface area contributed by atoms with Gasteiger partial charge in [-0.25, -0.2) is 0 Å². The van der Waals surface area contributed by atoms with Gasteiger partial charge in [0.15, 0.2) is 6.61 Å². The Balaban J connectivity index is 1.83. The second-order valence-corrected chi connectivity index (χ2v) is 4.68. The molecule has 1 N–H and O–H groups in total. The Labute approximate surface area is 123 Å². The molecule has 0 bridgehead atoms. The molecule has 0 aliphatic heterocycles. The molecule has 0 aliphatic rings. The molecule has 0 aliphatic carbocycles. The average Bonchev–Trinajstić information content (AvgIpc) is 2.54. The molecule has 2 aromatic carbocycles. The summed E-state index contributed by atoms with van der Waals surface area (Å²) in [6.07, 6.45) is 0.762. The summed E-state index contributed by atoms with van der Waals surface area (Å²) in [7, 11) is 0. The number of hydrogen-bond donors (Lipinski definition) is 1. The van der Waals surface area contributed by atoms with E-state index in [0.717, 1.165) is 11.8 Å². The number of rotatable bonds is 6. The standard InChI is InChI=1S/C17H17NO3/c1-13(15-5-3-2-4-6-15)18-17(20)12-21-16-9-7-14(11-19)8-10-16/h2-11,13H,12H2,1H3,(H,18,20)/t13-/m0/s1. The van der Waals surface area contributed by atoms with E-state index < -0.39 is 0 Å². The highest BCUT2D eigenvalue weighted by Gasteiger charge is 2.09. The predicted octanol–water partition coefficient (Wildman–Crippen LogP) is 2.76. The lowest BCUT2D eigenvalue weighted by Gasteiger charge is -2.14. The van der Waals surface area contributed by atoms with Crippen LogP contribution in [0.2, 0.25) is 0 Å². The number of carbonyl (C=O) groups excluding carboxylic acids is 2. The Morgan fingerprint density at radius 1 is 1.14 bits per heavy atom. The number of benzene rings is 2. The van der Waals surface area contributed by atoms with E-state index in [4.69, 9.17) is 4.74 Å². The summed E-state index contributed by atoms with van der Waals surface area (Å²) < 4.78 is 5.38. The topological polar surface area (TPSA) is 55.4 Å². The lowest BCUT2D eigenvalue weighted by molar-refractivity contribution is -0.123. The van der Waals surface area contributed by atoms with Crippen LogP contribution in [0, 0.1) is 0 Å². The van der Waals surface area contributed by atoms with Gasteiger partial charge in [0.25, 0.3) is 5.91 Å². The van der Waals surface area contributed by atoms with Crippen LogP contribution in [0.3, 0.4) is 0 Å². The van der Waals surface area contributed by atoms with Crippen LogP contribution < -0.4 is 10.1 Å². The maximum Gasteiger partial charge on any atom is 0.258 e. The quantitative estimate of drug-likeness (QED) is 0.829. The number of aldehydes is 1. The first-order valence-corrected chi connectivity index (χ1v) is 6.71. The normalized spacial score (nSPS) is 11.5. The molecule has 0 saturated carbocycles. The van der Waals surface area contributed by atoms with Gasteiger partial charge in [0.2, 0.25) is 0 Å². The molecule has 4 nitrogen and oxygen atoms in total. The zero-order valence-corrected chi connectivity index (χ0v) is 11.8. The third-order valence-electron chi connectivity index (χ3n) is 3.06. The van der Waals surface area contributed by atoms with Crippen molar-refractivity contribution in [2.75, 3.05) is 6.61 Å². The molecule has 0 aromatic heterocycles. The molecule has 0 radical (unpaired) electrons. The fourth-order valence-electron chi connectivity index (χ4n) is 1.90. The van der Waals surface area contributed by atoms with Crippen molar-refractivity contribution in [3.63, 3.8) is 0 Å². The summed E-state index contributed by atoms with van der Waals surface area (Å²) in [5.41, 5.74) is 1.62. The van der Waals surface area contributed by atoms with E-state index in [0.29, 0.717) is 11.3 Å². The smallest absolute Gasteiger partial charge is 0.258 e. The molecular formula is C17H17NO3. The minimum absolute atomic E-state index is 0.0579. The number of hydrogen-bond acceptors (Lipinski definition) is 3. The second-order valence-electron chi connectivity index (χ2n) is 4.68. The Bertz CT molecular complexity index is 593. The Morgan fingerprint density at radius 3 is 2.43 bits per heavy atom. The first kappa shape index (κ1) is 14.8. The van der Waals surface area contributed by atoms with Gasteiger partial charge in [-0.1, -0.05) is 30.3 Å². The van der Waals surface area contributed by atoms with Gasteiger partial charge in [-0.2, -0.15) is 0 Å². The van der Waals surface area contributed by atoms with Crippen LogP contribution in [0.1, 0.15) is 28.9 Å². The van der Waals surface area contributed by atoms with Crippen molar-refractivity contribution in [2.45, 2.75) is 13.0 Å². The first-order chi connectivity index (χ1) is 10.2. The maximum atomic E-state index is 11.8. The summed E-state index contributed by atoms with van der Waals surface area (Å²) in [4.78, 5) is 22.4. The van der Waals surface area contributed by atoms with Crippen LogP contribution in [0.4, 0.5) is 0 Å². The van der Waals surface area contributed by atoms with Crippen LogP contribution in [0.15, 0.2) is 54.6 Å². The molecule has 0 saturated heterocycles. The zero-order valence-electron chi connectivity index (χ0n) is 11.8. The van der Waals surface area contributed by atoms with Crippen LogP contribution in [0.5, 0.6) is 5.75 Å². The van der Waals surface area contributed by atoms with Crippen molar-refractivity contribution in [3.8, 4) is 5.75 Å². The Kier molecular flexibility index (Phi) is 5.10. The molecule has 1 atom stereocenters. The SMILES string of the molecule is C[C@H](NC(=O)COc1ccc(C=O)cc1)c1ccccc1. The van der Waals surface area contributed by atoms with E-state index in [9.17, 15) is 9.59 Å². The monoisotopic (exact) mass is 283 g/mol. The molecule has 0 spiro atoms. The number of amides is 1. The summed E-state index contributed by atoms with van der Waals surface area (Å²) in [6.45, 7) is 1.86. The van der Waals surface area contributed by atoms with Crippen molar-refractivity contribution in [2.24, 2.45) is 0 Å². The molecule has 0 fully saturated rings. The summed E-state index contributed by atoms with van der Waals surface area (Å²) >= 11 is 0. The molecule has 2 aromatic rings. The van der Waals surface area contributed by atoms with Gasteiger partial charge in [-0.3, -0.25) is 9.59 Å². The molecule has 108 valence electrons. The minimum Gasteiger partial charge on any atom is -0.484 e. The summed E-state index contributed by atoms with van der Waals surface area (Å²) in [5, 5.41) is 2.87. The van der Waals surface area contributed by atoms with Crippen LogP contribution >= 0.6 is 0 Å². The Hall–Kier alpha value is -2.62. The van der Waals surface area contributed by atoms with E-state index in [1.807, 2.05) is 37.3 Å². The molecule has 21 heavy (non-hydrogen) atoms. The van der Waals surface area contributed by atoms with Gasteiger partial charge in [-0.15, -0.1) is 0 Å². The first-order valence-electron chi connectivity index (χ1n) is 6.71. The Morgan fingerprint density at radius 2 is 1.81 bits per heavy atom. The van der Waals surface area contributed by atoms with Gasteiger partial charge in [0.1, 0.15) is 12.0 Å². The largest absolute Gasteiger partial charge is 0.484 e. The van der Waals surface area contributed by atoms with E-state index in [1.165, 1.54) is 0 Å². The third kappa shape index (κ3) is 4.45. The van der Waals surface area contributed by atoms with E-state index >= 15 is 0 Å². The summed E-state index contributed by atoms with van der Waals surface area (Å²) in [5.74, 6) is 0.369. The fraction of sp³-hybridized carbons (Fsp3) is 0.176. The number of carbonyl (C=O) groups is 2. The summed E-state index contributed by atoms with van der Waals surface area (Å²) in [6, 6.07) is 16.3. The van der Waals surface area contributed by atoms with E-state index in [1.54, 1.807) is 24.3 Å². The molecule has 0 unspecified atom stereocenters. The average molecular weight is 283 g/mol. The lowest BCUT2D eigenvalue weighted by atomic mass is 10.1. The molecular weight excluding hydrogens is 266 g/mol. The predicted molar refractivity (Wildman–Crippen MR) is 80.3 cm³/mol. The third-order valence-corrected chi connectivity index (χ3v) is 3.06. The van der Waals surface area contributed by atoms with Crippen molar-refractivity contribution in [3.05, 3.63) is 65.7 Å². The minimum atomic E-state index is -0.189. The molecule has 4 heteroatoms. The fourth-order valence-corrected chi connectivity index (χ4v) is 1.90. The highest BCUT2D eigenvalue weighted by atomic mass is 16.5. The van der Waals surface area contributed by atoms with Gasteiger partial charge in [-0.05, 0) is 36.8 Å². The number of ether oxygens (including phenoxy) is 1. The zero-order chi connectivity index (χ0) is 15.1. The van der Waals surface area contributed by atoms with Crippen molar-refractivity contribution in [1.82, 2.24) is 5.32 Å². The van der Waals surface area contributed by atoms with Gasteiger partial charge < -0.3 is 10.1 Å². The van der Waals surface area contributed by atoms with E-state index in [2.05, 4.69) is 5.32 Å². The molecule has 1 amide bonds. The van der Waals surface area contributed by atoms with Crippen LogP contribution in [-0.4, -0.2) is 18.8 Å². The number of nitrogens with one attached hydrogen (secondary N) is 1. The second kappa shape index (κ2) is 7.24. The van der Waals surface area contributed by atoms with E-state index in [-0.39, 0.29) is 18.6 Å². The van der Waals surface area contributed by atoms with Gasteiger partial charge in [0.05, 0.1) is 6.04 Å². The van der Waals surface area contributed by atoms with Crippen LogP contribution in [0.25, 0.3) is 0 Å². The maximum absolute atomic E-state index is 11.8.